The molecule has 0 saturated carbocycles. The second-order valence-corrected chi connectivity index (χ2v) is 4.52. The highest BCUT2D eigenvalue weighted by Gasteiger charge is 2.20. The van der Waals surface area contributed by atoms with Crippen molar-refractivity contribution >= 4 is 22.5 Å². The SMILES string of the molecule is CN1CCN(c2noc3c(N)cccc23)CC1. The Hall–Kier alpha value is -1.75. The summed E-state index contributed by atoms with van der Waals surface area (Å²) in [4.78, 5) is 4.57. The van der Waals surface area contributed by atoms with E-state index in [0.717, 1.165) is 37.4 Å². The van der Waals surface area contributed by atoms with Gasteiger partial charge in [0.25, 0.3) is 0 Å². The van der Waals surface area contributed by atoms with Crippen LogP contribution in [0.3, 0.4) is 0 Å². The molecular formula is C12H16N4O. The van der Waals surface area contributed by atoms with Gasteiger partial charge >= 0.3 is 0 Å². The van der Waals surface area contributed by atoms with E-state index in [-0.39, 0.29) is 0 Å². The molecule has 17 heavy (non-hydrogen) atoms. The summed E-state index contributed by atoms with van der Waals surface area (Å²) in [5.41, 5.74) is 7.20. The molecule has 0 unspecified atom stereocenters. The lowest BCUT2D eigenvalue weighted by atomic mass is 10.2. The van der Waals surface area contributed by atoms with Crippen molar-refractivity contribution in [3.63, 3.8) is 0 Å². The summed E-state index contributed by atoms with van der Waals surface area (Å²) in [6.07, 6.45) is 0. The van der Waals surface area contributed by atoms with E-state index < -0.39 is 0 Å². The molecule has 1 fully saturated rings. The molecule has 1 aromatic carbocycles. The first kappa shape index (κ1) is 10.4. The first-order chi connectivity index (χ1) is 8.25. The van der Waals surface area contributed by atoms with E-state index in [9.17, 15) is 0 Å². The number of anilines is 2. The van der Waals surface area contributed by atoms with Crippen molar-refractivity contribution in [2.75, 3.05) is 43.9 Å². The van der Waals surface area contributed by atoms with Gasteiger partial charge in [0.2, 0.25) is 0 Å². The van der Waals surface area contributed by atoms with Crippen LogP contribution in [0.25, 0.3) is 11.0 Å². The van der Waals surface area contributed by atoms with Gasteiger partial charge in [-0.15, -0.1) is 0 Å². The van der Waals surface area contributed by atoms with Crippen LogP contribution in [0.4, 0.5) is 11.5 Å². The molecule has 1 aliphatic rings. The Morgan fingerprint density at radius 1 is 1.24 bits per heavy atom. The normalized spacial score (nSPS) is 17.8. The molecule has 1 aliphatic heterocycles. The lowest BCUT2D eigenvalue weighted by molar-refractivity contribution is 0.310. The van der Waals surface area contributed by atoms with Crippen LogP contribution in [0, 0.1) is 0 Å². The quantitative estimate of drug-likeness (QED) is 0.748. The fraction of sp³-hybridized carbons (Fsp3) is 0.417. The number of aromatic nitrogens is 1. The van der Waals surface area contributed by atoms with Gasteiger partial charge in [0.15, 0.2) is 11.4 Å². The van der Waals surface area contributed by atoms with Crippen molar-refractivity contribution in [2.45, 2.75) is 0 Å². The fourth-order valence-electron chi connectivity index (χ4n) is 2.22. The van der Waals surface area contributed by atoms with Gasteiger partial charge in [-0.3, -0.25) is 0 Å². The maximum Gasteiger partial charge on any atom is 0.191 e. The van der Waals surface area contributed by atoms with Crippen molar-refractivity contribution in [3.8, 4) is 0 Å². The Morgan fingerprint density at radius 3 is 2.76 bits per heavy atom. The lowest BCUT2D eigenvalue weighted by Crippen LogP contribution is -2.44. The number of fused-ring (bicyclic) bond motifs is 1. The van der Waals surface area contributed by atoms with Crippen LogP contribution in [0.1, 0.15) is 0 Å². The van der Waals surface area contributed by atoms with Crippen molar-refractivity contribution in [1.82, 2.24) is 10.1 Å². The highest BCUT2D eigenvalue weighted by Crippen LogP contribution is 2.29. The van der Waals surface area contributed by atoms with Crippen LogP contribution in [0.2, 0.25) is 0 Å². The molecule has 0 spiro atoms. The highest BCUT2D eigenvalue weighted by atomic mass is 16.5. The smallest absolute Gasteiger partial charge is 0.191 e. The molecule has 1 aromatic heterocycles. The highest BCUT2D eigenvalue weighted by molar-refractivity contribution is 5.95. The first-order valence-corrected chi connectivity index (χ1v) is 5.83. The van der Waals surface area contributed by atoms with E-state index in [1.54, 1.807) is 0 Å². The summed E-state index contributed by atoms with van der Waals surface area (Å²) in [5, 5.41) is 5.17. The summed E-state index contributed by atoms with van der Waals surface area (Å²) >= 11 is 0. The minimum Gasteiger partial charge on any atom is -0.396 e. The number of para-hydroxylation sites is 1. The minimum absolute atomic E-state index is 0.648. The minimum atomic E-state index is 0.648. The van der Waals surface area contributed by atoms with E-state index in [1.165, 1.54) is 0 Å². The van der Waals surface area contributed by atoms with Gasteiger partial charge < -0.3 is 20.1 Å². The molecule has 3 rings (SSSR count). The average Bonchev–Trinajstić information content (AvgIpc) is 2.75. The van der Waals surface area contributed by atoms with E-state index >= 15 is 0 Å². The topological polar surface area (TPSA) is 58.5 Å². The Labute approximate surface area is 99.8 Å². The molecule has 1 saturated heterocycles. The number of benzene rings is 1. The van der Waals surface area contributed by atoms with Crippen molar-refractivity contribution < 1.29 is 4.52 Å². The fourth-order valence-corrected chi connectivity index (χ4v) is 2.22. The molecule has 0 bridgehead atoms. The molecule has 2 N–H and O–H groups in total. The number of likely N-dealkylation sites (N-methyl/N-ethyl adjacent to an activating group) is 1. The van der Waals surface area contributed by atoms with Crippen LogP contribution >= 0.6 is 0 Å². The molecule has 0 atom stereocenters. The summed E-state index contributed by atoms with van der Waals surface area (Å²) in [6, 6.07) is 5.78. The summed E-state index contributed by atoms with van der Waals surface area (Å²) in [7, 11) is 2.14. The monoisotopic (exact) mass is 232 g/mol. The molecule has 0 aliphatic carbocycles. The number of piperazine rings is 1. The van der Waals surface area contributed by atoms with Crippen LogP contribution in [0.15, 0.2) is 22.7 Å². The Kier molecular flexibility index (Phi) is 2.40. The second kappa shape index (κ2) is 3.92. The van der Waals surface area contributed by atoms with Crippen LogP contribution in [-0.4, -0.2) is 43.3 Å². The summed E-state index contributed by atoms with van der Waals surface area (Å²) in [5.74, 6) is 0.917. The number of nitrogen functional groups attached to an aromatic ring is 1. The van der Waals surface area contributed by atoms with Crippen LogP contribution in [-0.2, 0) is 0 Å². The Morgan fingerprint density at radius 2 is 2.00 bits per heavy atom. The average molecular weight is 232 g/mol. The molecule has 5 heteroatoms. The van der Waals surface area contributed by atoms with Gasteiger partial charge in [-0.25, -0.2) is 0 Å². The second-order valence-electron chi connectivity index (χ2n) is 4.52. The van der Waals surface area contributed by atoms with Crippen molar-refractivity contribution in [1.29, 1.82) is 0 Å². The molecule has 90 valence electrons. The van der Waals surface area contributed by atoms with Crippen molar-refractivity contribution in [2.24, 2.45) is 0 Å². The summed E-state index contributed by atoms with van der Waals surface area (Å²) in [6.45, 7) is 4.06. The largest absolute Gasteiger partial charge is 0.396 e. The van der Waals surface area contributed by atoms with Gasteiger partial charge in [0.1, 0.15) is 0 Å². The Balaban J connectivity index is 1.98. The van der Waals surface area contributed by atoms with E-state index in [4.69, 9.17) is 10.3 Å². The molecule has 0 amide bonds. The predicted octanol–water partition coefficient (Wildman–Crippen LogP) is 1.16. The molecule has 2 heterocycles. The Bertz CT molecular complexity index is 528. The molecule has 5 nitrogen and oxygen atoms in total. The first-order valence-electron chi connectivity index (χ1n) is 5.83. The summed E-state index contributed by atoms with van der Waals surface area (Å²) < 4.78 is 5.33. The zero-order valence-electron chi connectivity index (χ0n) is 9.89. The number of nitrogens with two attached hydrogens (primary N) is 1. The van der Waals surface area contributed by atoms with E-state index in [1.807, 2.05) is 18.2 Å². The number of nitrogens with zero attached hydrogens (tertiary/aromatic N) is 3. The van der Waals surface area contributed by atoms with Crippen LogP contribution < -0.4 is 10.6 Å². The molecular weight excluding hydrogens is 216 g/mol. The molecule has 0 radical (unpaired) electrons. The maximum absolute atomic E-state index is 5.86. The maximum atomic E-state index is 5.86. The predicted molar refractivity (Wildman–Crippen MR) is 68.1 cm³/mol. The van der Waals surface area contributed by atoms with Crippen LogP contribution in [0.5, 0.6) is 0 Å². The van der Waals surface area contributed by atoms with Gasteiger partial charge in [0, 0.05) is 26.2 Å². The number of hydrogen-bond donors (Lipinski definition) is 1. The van der Waals surface area contributed by atoms with Gasteiger partial charge in [0.05, 0.1) is 11.1 Å². The third-order valence-electron chi connectivity index (χ3n) is 3.31. The standard InChI is InChI=1S/C12H16N4O/c1-15-5-7-16(8-6-15)12-9-3-2-4-10(13)11(9)17-14-12/h2-4H,5-8,13H2,1H3. The third-order valence-corrected chi connectivity index (χ3v) is 3.31. The van der Waals surface area contributed by atoms with Crippen molar-refractivity contribution in [3.05, 3.63) is 18.2 Å². The van der Waals surface area contributed by atoms with E-state index in [0.29, 0.717) is 11.3 Å². The van der Waals surface area contributed by atoms with E-state index in [2.05, 4.69) is 22.0 Å². The van der Waals surface area contributed by atoms with Gasteiger partial charge in [-0.05, 0) is 19.2 Å². The van der Waals surface area contributed by atoms with Gasteiger partial charge in [-0.1, -0.05) is 11.2 Å². The number of rotatable bonds is 1. The van der Waals surface area contributed by atoms with Gasteiger partial charge in [-0.2, -0.15) is 0 Å². The third kappa shape index (κ3) is 1.72. The lowest BCUT2D eigenvalue weighted by Gasteiger charge is -2.32. The zero-order chi connectivity index (χ0) is 11.8. The zero-order valence-corrected chi connectivity index (χ0v) is 9.89. The number of hydrogen-bond acceptors (Lipinski definition) is 5. The molecule has 2 aromatic rings.